The molecule has 0 saturated heterocycles. The quantitative estimate of drug-likeness (QED) is 0.361. The van der Waals surface area contributed by atoms with Crippen molar-refractivity contribution in [2.24, 2.45) is 0 Å². The van der Waals surface area contributed by atoms with Gasteiger partial charge in [0.05, 0.1) is 0 Å². The zero-order valence-electron chi connectivity index (χ0n) is 2.88. The minimum Gasteiger partial charge on any atom is -0.303 e. The maximum Gasteiger partial charge on any atom is 0.466 e. The molecule has 0 rings (SSSR count). The zero-order chi connectivity index (χ0) is 4.50. The van der Waals surface area contributed by atoms with Gasteiger partial charge in [-0.3, -0.25) is 0 Å². The molecule has 7 heteroatoms. The van der Waals surface area contributed by atoms with Crippen LogP contribution in [-0.2, 0) is 38.7 Å². The summed E-state index contributed by atoms with van der Waals surface area (Å²) in [5, 5.41) is 0. The van der Waals surface area contributed by atoms with Crippen molar-refractivity contribution in [1.82, 2.24) is 0 Å². The van der Waals surface area contributed by atoms with E-state index in [4.69, 9.17) is 19.2 Å². The average Bonchev–Trinajstić information content (AvgIpc) is 0.722. The van der Waals surface area contributed by atoms with Crippen LogP contribution in [0.1, 0.15) is 0 Å². The smallest absolute Gasteiger partial charge is 0.303 e. The largest absolute Gasteiger partial charge is 0.466 e. The molecular formula is H3CuMnO4P. The molecule has 0 saturated carbocycles. The zero-order valence-corrected chi connectivity index (χ0v) is 5.89. The molecule has 3 N–H and O–H groups in total. The molecule has 0 aliphatic heterocycles. The average molecular weight is 216 g/mol. The van der Waals surface area contributed by atoms with Crippen LogP contribution in [-0.4, -0.2) is 14.7 Å². The fourth-order valence-electron chi connectivity index (χ4n) is 0. The van der Waals surface area contributed by atoms with Gasteiger partial charge < -0.3 is 14.7 Å². The van der Waals surface area contributed by atoms with Gasteiger partial charge in [-0.25, -0.2) is 4.57 Å². The van der Waals surface area contributed by atoms with Crippen LogP contribution in [0.15, 0.2) is 0 Å². The Kier molecular flexibility index (Phi) is 11.9. The third-order valence-corrected chi connectivity index (χ3v) is 0. The topological polar surface area (TPSA) is 77.8 Å². The van der Waals surface area contributed by atoms with Crippen LogP contribution in [0.5, 0.6) is 0 Å². The molecule has 0 aliphatic rings. The van der Waals surface area contributed by atoms with Crippen molar-refractivity contribution in [2.45, 2.75) is 0 Å². The number of hydrogen-bond donors (Lipinski definition) is 3. The van der Waals surface area contributed by atoms with E-state index in [2.05, 4.69) is 0 Å². The van der Waals surface area contributed by atoms with E-state index in [0.29, 0.717) is 0 Å². The molecule has 4 nitrogen and oxygen atoms in total. The summed E-state index contributed by atoms with van der Waals surface area (Å²) in [5.74, 6) is 0. The minimum absolute atomic E-state index is 0. The first-order chi connectivity index (χ1) is 2.00. The minimum atomic E-state index is -4.64. The molecule has 50 valence electrons. The van der Waals surface area contributed by atoms with Crippen LogP contribution in [0.4, 0.5) is 0 Å². The van der Waals surface area contributed by atoms with Crippen molar-refractivity contribution >= 4 is 7.82 Å². The molecule has 0 aromatic rings. The summed E-state index contributed by atoms with van der Waals surface area (Å²) in [6, 6.07) is 0. The predicted molar refractivity (Wildman–Crippen MR) is 14.3 cm³/mol. The first kappa shape index (κ1) is 15.7. The van der Waals surface area contributed by atoms with Gasteiger partial charge in [0, 0.05) is 34.1 Å². The van der Waals surface area contributed by atoms with Crippen molar-refractivity contribution in [3.05, 3.63) is 0 Å². The molecule has 7 heavy (non-hydrogen) atoms. The van der Waals surface area contributed by atoms with E-state index < -0.39 is 7.82 Å². The normalized spacial score (nSPS) is 8.43. The van der Waals surface area contributed by atoms with Gasteiger partial charge in [0.1, 0.15) is 0 Å². The van der Waals surface area contributed by atoms with Gasteiger partial charge in [-0.2, -0.15) is 0 Å². The van der Waals surface area contributed by atoms with Crippen molar-refractivity contribution < 1.29 is 53.4 Å². The van der Waals surface area contributed by atoms with E-state index in [1.807, 2.05) is 0 Å². The standard InChI is InChI=1S/Cu.Mn.H3O4P/c;;1-5(2,3)4/h;;(H3,1,2,3,4). The van der Waals surface area contributed by atoms with E-state index in [-0.39, 0.29) is 34.1 Å². The second-order valence-corrected chi connectivity index (χ2v) is 1.54. The molecule has 0 aromatic heterocycles. The predicted octanol–water partition coefficient (Wildman–Crippen LogP) is -0.934. The first-order valence-corrected chi connectivity index (χ1v) is 2.35. The van der Waals surface area contributed by atoms with Crippen molar-refractivity contribution in [1.29, 1.82) is 0 Å². The molecule has 0 aliphatic carbocycles. The van der Waals surface area contributed by atoms with Crippen LogP contribution in [0.25, 0.3) is 0 Å². The van der Waals surface area contributed by atoms with Crippen LogP contribution >= 0.6 is 7.82 Å². The molecule has 0 fully saturated rings. The Hall–Kier alpha value is 1.15. The molecule has 2 radical (unpaired) electrons. The molecule has 0 unspecified atom stereocenters. The van der Waals surface area contributed by atoms with Gasteiger partial charge >= 0.3 is 7.82 Å². The third kappa shape index (κ3) is 144. The number of rotatable bonds is 0. The molecule has 0 amide bonds. The van der Waals surface area contributed by atoms with Crippen LogP contribution in [0.3, 0.4) is 0 Å². The van der Waals surface area contributed by atoms with Crippen molar-refractivity contribution in [3.63, 3.8) is 0 Å². The van der Waals surface area contributed by atoms with Crippen molar-refractivity contribution in [3.8, 4) is 0 Å². The van der Waals surface area contributed by atoms with E-state index in [0.717, 1.165) is 0 Å². The molecule has 0 atom stereocenters. The Balaban J connectivity index is -0.0000000800. The Morgan fingerprint density at radius 3 is 1.14 bits per heavy atom. The van der Waals surface area contributed by atoms with Gasteiger partial charge in [-0.05, 0) is 0 Å². The summed E-state index contributed by atoms with van der Waals surface area (Å²) in [5.41, 5.74) is 0. The summed E-state index contributed by atoms with van der Waals surface area (Å²) in [4.78, 5) is 21.6. The van der Waals surface area contributed by atoms with Gasteiger partial charge in [-0.15, -0.1) is 0 Å². The summed E-state index contributed by atoms with van der Waals surface area (Å²) in [6.07, 6.45) is 0. The summed E-state index contributed by atoms with van der Waals surface area (Å²) >= 11 is 0. The van der Waals surface area contributed by atoms with E-state index in [9.17, 15) is 0 Å². The Morgan fingerprint density at radius 2 is 1.14 bits per heavy atom. The van der Waals surface area contributed by atoms with Crippen molar-refractivity contribution in [2.75, 3.05) is 0 Å². The number of hydrogen-bond acceptors (Lipinski definition) is 1. The van der Waals surface area contributed by atoms with Crippen LogP contribution < -0.4 is 0 Å². The van der Waals surface area contributed by atoms with Gasteiger partial charge in [0.15, 0.2) is 0 Å². The summed E-state index contributed by atoms with van der Waals surface area (Å²) in [6.45, 7) is 0. The molecule has 0 aromatic carbocycles. The second kappa shape index (κ2) is 5.29. The van der Waals surface area contributed by atoms with Gasteiger partial charge in [0.2, 0.25) is 0 Å². The molecule has 0 heterocycles. The monoisotopic (exact) mass is 216 g/mol. The van der Waals surface area contributed by atoms with Crippen LogP contribution in [0.2, 0.25) is 0 Å². The van der Waals surface area contributed by atoms with Crippen LogP contribution in [0, 0.1) is 0 Å². The fraction of sp³-hybridized carbons (Fsp3) is 0. The Morgan fingerprint density at radius 1 is 1.14 bits per heavy atom. The third-order valence-electron chi connectivity index (χ3n) is 0. The molecule has 0 spiro atoms. The van der Waals surface area contributed by atoms with Gasteiger partial charge in [-0.1, -0.05) is 0 Å². The van der Waals surface area contributed by atoms with Gasteiger partial charge in [0.25, 0.3) is 0 Å². The maximum absolute atomic E-state index is 8.88. The molecule has 0 bridgehead atoms. The summed E-state index contributed by atoms with van der Waals surface area (Å²) < 4.78 is 8.88. The van der Waals surface area contributed by atoms with E-state index in [1.165, 1.54) is 0 Å². The first-order valence-electron chi connectivity index (χ1n) is 0.783. The fourth-order valence-corrected chi connectivity index (χ4v) is 0. The summed E-state index contributed by atoms with van der Waals surface area (Å²) in [7, 11) is -4.64. The van der Waals surface area contributed by atoms with E-state index in [1.54, 1.807) is 0 Å². The maximum atomic E-state index is 8.88. The number of phosphoric acid groups is 1. The Bertz CT molecular complexity index is 57.8. The Labute approximate surface area is 61.5 Å². The second-order valence-electron chi connectivity index (χ2n) is 0.513. The molecular weight excluding hydrogens is 213 g/mol. The SMILES string of the molecule is O=P(O)(O)O.[Cu].[Mn]. The van der Waals surface area contributed by atoms with E-state index >= 15 is 0 Å².